The molecule has 0 spiro atoms. The summed E-state index contributed by atoms with van der Waals surface area (Å²) in [5, 5.41) is 6.70. The maximum absolute atomic E-state index is 12.9. The molecule has 10 nitrogen and oxygen atoms in total. The molecular formula is C22H18F3N7O3. The first-order chi connectivity index (χ1) is 16.7. The number of fused-ring (bicyclic) bond motifs is 1. The third kappa shape index (κ3) is 4.52. The van der Waals surface area contributed by atoms with Crippen molar-refractivity contribution in [3.8, 4) is 17.0 Å². The van der Waals surface area contributed by atoms with E-state index in [1.54, 1.807) is 34.8 Å². The number of hydrogen-bond donors (Lipinski definition) is 1. The summed E-state index contributed by atoms with van der Waals surface area (Å²) in [6.07, 6.45) is 0.665. The molecule has 1 saturated heterocycles. The van der Waals surface area contributed by atoms with E-state index >= 15 is 0 Å². The van der Waals surface area contributed by atoms with E-state index in [1.165, 1.54) is 35.1 Å². The predicted molar refractivity (Wildman–Crippen MR) is 117 cm³/mol. The van der Waals surface area contributed by atoms with Crippen molar-refractivity contribution in [1.82, 2.24) is 29.0 Å². The Morgan fingerprint density at radius 1 is 1.14 bits per heavy atom. The summed E-state index contributed by atoms with van der Waals surface area (Å²) >= 11 is 0. The van der Waals surface area contributed by atoms with Gasteiger partial charge in [0.2, 0.25) is 5.78 Å². The van der Waals surface area contributed by atoms with Crippen LogP contribution >= 0.6 is 0 Å². The molecule has 1 N–H and O–H groups in total. The number of benzene rings is 1. The highest BCUT2D eigenvalue weighted by atomic mass is 19.4. The molecule has 0 bridgehead atoms. The highest BCUT2D eigenvalue weighted by molar-refractivity contribution is 6.10. The normalized spacial score (nSPS) is 13.5. The zero-order valence-corrected chi connectivity index (χ0v) is 18.3. The van der Waals surface area contributed by atoms with E-state index in [-0.39, 0.29) is 34.5 Å². The number of nitrogens with zero attached hydrogens (tertiary/aromatic N) is 6. The van der Waals surface area contributed by atoms with Crippen LogP contribution in [0.1, 0.15) is 27.3 Å². The van der Waals surface area contributed by atoms with E-state index in [4.69, 9.17) is 0 Å². The van der Waals surface area contributed by atoms with Gasteiger partial charge in [0.1, 0.15) is 17.3 Å². The lowest BCUT2D eigenvalue weighted by Gasteiger charge is -2.30. The van der Waals surface area contributed by atoms with Crippen LogP contribution in [-0.4, -0.2) is 60.3 Å². The number of aryl methyl sites for hydroxylation is 1. The standard InChI is InChI=1S/C22H18F3N7O3/c1-30-18(15(11-26-30)20(34)31-7-3-8-31)19(33)28-17-6-9-32-12-16(27-21(32)29-17)13-4-2-5-14(10-13)35-22(23,24)25/h2,4-6,9-12H,3,7-8H2,1H3,(H,27,28,29,33). The molecule has 0 radical (unpaired) electrons. The Kier molecular flexibility index (Phi) is 5.38. The first-order valence-corrected chi connectivity index (χ1v) is 10.5. The van der Waals surface area contributed by atoms with Gasteiger partial charge < -0.3 is 15.0 Å². The average Bonchev–Trinajstić information content (AvgIpc) is 3.34. The Bertz CT molecular complexity index is 1440. The summed E-state index contributed by atoms with van der Waals surface area (Å²) < 4.78 is 44.5. The number of ether oxygens (including phenoxy) is 1. The van der Waals surface area contributed by atoms with Crippen molar-refractivity contribution >= 4 is 23.4 Å². The monoisotopic (exact) mass is 485 g/mol. The predicted octanol–water partition coefficient (Wildman–Crippen LogP) is 3.13. The number of imidazole rings is 1. The number of carbonyl (C=O) groups excluding carboxylic acids is 2. The van der Waals surface area contributed by atoms with Gasteiger partial charge in [-0.3, -0.25) is 18.7 Å². The minimum atomic E-state index is -4.81. The average molecular weight is 485 g/mol. The lowest BCUT2D eigenvalue weighted by atomic mass is 10.1. The number of aromatic nitrogens is 5. The van der Waals surface area contributed by atoms with Crippen LogP contribution in [0.4, 0.5) is 19.0 Å². The molecule has 3 aromatic heterocycles. The van der Waals surface area contributed by atoms with Gasteiger partial charge in [-0.25, -0.2) is 4.98 Å². The molecular weight excluding hydrogens is 467 g/mol. The van der Waals surface area contributed by atoms with E-state index in [9.17, 15) is 22.8 Å². The summed E-state index contributed by atoms with van der Waals surface area (Å²) in [6, 6.07) is 6.96. The summed E-state index contributed by atoms with van der Waals surface area (Å²) in [7, 11) is 1.57. The fourth-order valence-corrected chi connectivity index (χ4v) is 3.66. The third-order valence-electron chi connectivity index (χ3n) is 5.46. The largest absolute Gasteiger partial charge is 0.573 e. The number of anilines is 1. The number of carbonyl (C=O) groups is 2. The van der Waals surface area contributed by atoms with Crippen LogP contribution in [0.25, 0.3) is 17.0 Å². The first kappa shape index (κ1) is 22.4. The Morgan fingerprint density at radius 3 is 2.66 bits per heavy atom. The minimum Gasteiger partial charge on any atom is -0.406 e. The molecule has 1 aromatic carbocycles. The minimum absolute atomic E-state index is 0.106. The Labute approximate surface area is 196 Å². The highest BCUT2D eigenvalue weighted by Crippen LogP contribution is 2.28. The molecule has 0 aliphatic carbocycles. The fraction of sp³-hybridized carbons (Fsp3) is 0.227. The van der Waals surface area contributed by atoms with Crippen molar-refractivity contribution < 1.29 is 27.5 Å². The van der Waals surface area contributed by atoms with Crippen molar-refractivity contribution in [2.75, 3.05) is 18.4 Å². The Balaban J connectivity index is 1.38. The molecule has 35 heavy (non-hydrogen) atoms. The molecule has 1 fully saturated rings. The second kappa shape index (κ2) is 8.42. The Morgan fingerprint density at radius 2 is 1.94 bits per heavy atom. The van der Waals surface area contributed by atoms with E-state index in [2.05, 4.69) is 25.1 Å². The van der Waals surface area contributed by atoms with Crippen LogP contribution in [0, 0.1) is 0 Å². The van der Waals surface area contributed by atoms with E-state index in [0.717, 1.165) is 6.42 Å². The number of likely N-dealkylation sites (tertiary alicyclic amines) is 1. The van der Waals surface area contributed by atoms with Gasteiger partial charge in [-0.05, 0) is 24.6 Å². The number of halogens is 3. The number of rotatable bonds is 5. The molecule has 1 aliphatic heterocycles. The van der Waals surface area contributed by atoms with Crippen LogP contribution in [0.15, 0.2) is 48.9 Å². The van der Waals surface area contributed by atoms with Crippen LogP contribution in [-0.2, 0) is 7.05 Å². The number of alkyl halides is 3. The second-order valence-electron chi connectivity index (χ2n) is 7.85. The third-order valence-corrected chi connectivity index (χ3v) is 5.46. The van der Waals surface area contributed by atoms with Crippen molar-refractivity contribution in [1.29, 1.82) is 0 Å². The zero-order valence-electron chi connectivity index (χ0n) is 18.3. The maximum atomic E-state index is 12.9. The van der Waals surface area contributed by atoms with E-state index in [1.807, 2.05) is 0 Å². The number of hydrogen-bond acceptors (Lipinski definition) is 6. The molecule has 0 saturated carbocycles. The van der Waals surface area contributed by atoms with Crippen molar-refractivity contribution in [3.05, 3.63) is 60.2 Å². The smallest absolute Gasteiger partial charge is 0.406 e. The molecule has 4 heterocycles. The summed E-state index contributed by atoms with van der Waals surface area (Å²) in [5.41, 5.74) is 1.07. The number of amides is 2. The first-order valence-electron chi connectivity index (χ1n) is 10.5. The van der Waals surface area contributed by atoms with Gasteiger partial charge in [-0.15, -0.1) is 13.2 Å². The van der Waals surface area contributed by atoms with Gasteiger partial charge in [0.05, 0.1) is 17.5 Å². The maximum Gasteiger partial charge on any atom is 0.573 e. The SMILES string of the molecule is Cn1ncc(C(=O)N2CCC2)c1C(=O)Nc1ccn2cc(-c3cccc(OC(F)(F)F)c3)nc2n1. The molecule has 180 valence electrons. The zero-order chi connectivity index (χ0) is 24.7. The van der Waals surface area contributed by atoms with Gasteiger partial charge in [0.25, 0.3) is 11.8 Å². The topological polar surface area (TPSA) is 107 Å². The second-order valence-corrected chi connectivity index (χ2v) is 7.85. The number of nitrogens with one attached hydrogen (secondary N) is 1. The molecule has 1 aliphatic rings. The Hall–Kier alpha value is -4.42. The fourth-order valence-electron chi connectivity index (χ4n) is 3.66. The molecule has 0 unspecified atom stereocenters. The van der Waals surface area contributed by atoms with E-state index < -0.39 is 12.3 Å². The molecule has 13 heteroatoms. The van der Waals surface area contributed by atoms with Gasteiger partial charge in [-0.1, -0.05) is 12.1 Å². The molecule has 5 rings (SSSR count). The van der Waals surface area contributed by atoms with Gasteiger partial charge in [0, 0.05) is 38.1 Å². The summed E-state index contributed by atoms with van der Waals surface area (Å²) in [5.74, 6) is -0.797. The van der Waals surface area contributed by atoms with Gasteiger partial charge in [-0.2, -0.15) is 10.1 Å². The van der Waals surface area contributed by atoms with Crippen LogP contribution in [0.3, 0.4) is 0 Å². The van der Waals surface area contributed by atoms with Crippen LogP contribution in [0.2, 0.25) is 0 Å². The lowest BCUT2D eigenvalue weighted by molar-refractivity contribution is -0.274. The summed E-state index contributed by atoms with van der Waals surface area (Å²) in [6.45, 7) is 1.28. The van der Waals surface area contributed by atoms with Gasteiger partial charge in [0.15, 0.2) is 0 Å². The van der Waals surface area contributed by atoms with Crippen LogP contribution in [0.5, 0.6) is 5.75 Å². The molecule has 4 aromatic rings. The van der Waals surface area contributed by atoms with Crippen molar-refractivity contribution in [3.63, 3.8) is 0 Å². The van der Waals surface area contributed by atoms with Crippen LogP contribution < -0.4 is 10.1 Å². The highest BCUT2D eigenvalue weighted by Gasteiger charge is 2.31. The summed E-state index contributed by atoms with van der Waals surface area (Å²) in [4.78, 5) is 35.9. The molecule has 0 atom stereocenters. The van der Waals surface area contributed by atoms with Crippen molar-refractivity contribution in [2.45, 2.75) is 12.8 Å². The van der Waals surface area contributed by atoms with Crippen molar-refractivity contribution in [2.24, 2.45) is 7.05 Å². The van der Waals surface area contributed by atoms with E-state index in [0.29, 0.717) is 24.3 Å². The van der Waals surface area contributed by atoms with Gasteiger partial charge >= 0.3 is 6.36 Å². The lowest BCUT2D eigenvalue weighted by Crippen LogP contribution is -2.42. The molecule has 2 amide bonds. The quantitative estimate of drug-likeness (QED) is 0.466.